The van der Waals surface area contributed by atoms with Gasteiger partial charge in [-0.2, -0.15) is 0 Å². The minimum Gasteiger partial charge on any atom is -0.421 e. The van der Waals surface area contributed by atoms with Gasteiger partial charge < -0.3 is 10.2 Å². The van der Waals surface area contributed by atoms with Crippen LogP contribution in [0.15, 0.2) is 0 Å². The minimum atomic E-state index is -0.0772. The van der Waals surface area contributed by atoms with Gasteiger partial charge in [0.05, 0.1) is 5.60 Å². The van der Waals surface area contributed by atoms with Gasteiger partial charge in [-0.15, -0.1) is 0 Å². The van der Waals surface area contributed by atoms with E-state index in [1.54, 1.807) is 0 Å². The van der Waals surface area contributed by atoms with Crippen LogP contribution in [0.2, 0.25) is 0 Å². The Morgan fingerprint density at radius 1 is 1.27 bits per heavy atom. The van der Waals surface area contributed by atoms with E-state index in [0.29, 0.717) is 18.4 Å². The van der Waals surface area contributed by atoms with E-state index in [4.69, 9.17) is 10.2 Å². The van der Waals surface area contributed by atoms with Gasteiger partial charge in [-0.25, -0.2) is 0 Å². The summed E-state index contributed by atoms with van der Waals surface area (Å²) in [5, 5.41) is 0. The lowest BCUT2D eigenvalue weighted by atomic mass is 9.80. The molecule has 0 spiro atoms. The third-order valence-electron chi connectivity index (χ3n) is 2.65. The molecule has 0 aliphatic carbocycles. The van der Waals surface area contributed by atoms with Crippen LogP contribution in [-0.4, -0.2) is 22.6 Å². The molecule has 0 atom stereocenters. The van der Waals surface area contributed by atoms with Gasteiger partial charge in [-0.05, 0) is 11.8 Å². The predicted octanol–water partition coefficient (Wildman–Crippen LogP) is 0.293. The molecule has 0 heterocycles. The Morgan fingerprint density at radius 3 is 1.64 bits per heavy atom. The third-order valence-corrected chi connectivity index (χ3v) is 3.41. The fourth-order valence-corrected chi connectivity index (χ4v) is 2.80. The van der Waals surface area contributed by atoms with Crippen molar-refractivity contribution in [3.8, 4) is 0 Å². The molecule has 68 valence electrons. The predicted molar refractivity (Wildman–Crippen MR) is 52.5 cm³/mol. The van der Waals surface area contributed by atoms with Crippen LogP contribution < -0.4 is 5.73 Å². The van der Waals surface area contributed by atoms with E-state index in [1.165, 1.54) is 0 Å². The Balaban J connectivity index is 4.46. The lowest BCUT2D eigenvalue weighted by molar-refractivity contribution is -0.00559. The second kappa shape index (κ2) is 4.23. The van der Waals surface area contributed by atoms with Crippen molar-refractivity contribution in [1.29, 1.82) is 0 Å². The van der Waals surface area contributed by atoms with E-state index < -0.39 is 0 Å². The maximum atomic E-state index is 5.72. The molecule has 0 fully saturated rings. The summed E-state index contributed by atoms with van der Waals surface area (Å²) >= 11 is 0. The van der Waals surface area contributed by atoms with Crippen LogP contribution in [0.4, 0.5) is 0 Å². The highest BCUT2D eigenvalue weighted by molar-refractivity contribution is 5.98. The zero-order valence-corrected chi connectivity index (χ0v) is 10.3. The molecule has 0 amide bonds. The second-order valence-corrected chi connectivity index (χ2v) is 4.08. The van der Waals surface area contributed by atoms with E-state index >= 15 is 0 Å². The van der Waals surface area contributed by atoms with Gasteiger partial charge >= 0.3 is 0 Å². The van der Waals surface area contributed by atoms with Gasteiger partial charge in [-0.1, -0.05) is 27.7 Å². The standard InChI is InChI=1S/C8H21NOSi/c1-6(2)8(5-9,10-11)7(3)4/h6-7H,5,9H2,1-4,11H3. The molecule has 0 rings (SSSR count). The Hall–Kier alpha value is 0.137. The van der Waals surface area contributed by atoms with Crippen molar-refractivity contribution in [2.24, 2.45) is 17.6 Å². The van der Waals surface area contributed by atoms with Crippen molar-refractivity contribution in [2.75, 3.05) is 6.54 Å². The number of hydrogen-bond acceptors (Lipinski definition) is 2. The van der Waals surface area contributed by atoms with Crippen molar-refractivity contribution < 1.29 is 4.43 Å². The smallest absolute Gasteiger partial charge is 0.146 e. The first-order valence-electron chi connectivity index (χ1n) is 4.26. The summed E-state index contributed by atoms with van der Waals surface area (Å²) in [6.07, 6.45) is 0. The van der Waals surface area contributed by atoms with E-state index in [0.717, 1.165) is 10.5 Å². The van der Waals surface area contributed by atoms with Gasteiger partial charge in [-0.3, -0.25) is 0 Å². The fourth-order valence-electron chi connectivity index (χ4n) is 1.69. The topological polar surface area (TPSA) is 35.2 Å². The van der Waals surface area contributed by atoms with Crippen LogP contribution >= 0.6 is 0 Å². The van der Waals surface area contributed by atoms with Gasteiger partial charge in [0.15, 0.2) is 0 Å². The summed E-state index contributed by atoms with van der Waals surface area (Å²) in [5.74, 6) is 1.01. The van der Waals surface area contributed by atoms with Crippen molar-refractivity contribution in [1.82, 2.24) is 0 Å². The number of rotatable bonds is 4. The molecule has 0 saturated heterocycles. The highest BCUT2D eigenvalue weighted by Crippen LogP contribution is 2.28. The van der Waals surface area contributed by atoms with Gasteiger partial charge in [0.25, 0.3) is 0 Å². The molecular formula is C8H21NOSi. The lowest BCUT2D eigenvalue weighted by Gasteiger charge is -2.39. The number of nitrogens with two attached hydrogens (primary N) is 1. The van der Waals surface area contributed by atoms with E-state index in [-0.39, 0.29) is 5.60 Å². The summed E-state index contributed by atoms with van der Waals surface area (Å²) in [4.78, 5) is 0. The molecule has 11 heavy (non-hydrogen) atoms. The summed E-state index contributed by atoms with van der Waals surface area (Å²) in [6, 6.07) is 0. The molecule has 0 saturated carbocycles. The molecule has 0 aliphatic heterocycles. The normalized spacial score (nSPS) is 13.4. The molecule has 3 heteroatoms. The molecule has 2 N–H and O–H groups in total. The molecule has 0 unspecified atom stereocenters. The molecule has 0 radical (unpaired) electrons. The van der Waals surface area contributed by atoms with Crippen molar-refractivity contribution in [3.05, 3.63) is 0 Å². The Morgan fingerprint density at radius 2 is 1.64 bits per heavy atom. The van der Waals surface area contributed by atoms with Crippen LogP contribution in [0.5, 0.6) is 0 Å². The summed E-state index contributed by atoms with van der Waals surface area (Å²) in [7, 11) is 0.771. The molecule has 2 nitrogen and oxygen atoms in total. The quantitative estimate of drug-likeness (QED) is 0.624. The van der Waals surface area contributed by atoms with Gasteiger partial charge in [0, 0.05) is 6.54 Å². The zero-order valence-electron chi connectivity index (χ0n) is 8.35. The summed E-state index contributed by atoms with van der Waals surface area (Å²) in [6.45, 7) is 9.32. The molecule has 0 bridgehead atoms. The lowest BCUT2D eigenvalue weighted by Crippen LogP contribution is -2.49. The van der Waals surface area contributed by atoms with Crippen molar-refractivity contribution in [2.45, 2.75) is 33.3 Å². The van der Waals surface area contributed by atoms with Crippen LogP contribution in [0.1, 0.15) is 27.7 Å². The molecular weight excluding hydrogens is 154 g/mol. The Bertz CT molecular complexity index is 101. The first-order chi connectivity index (χ1) is 5.01. The van der Waals surface area contributed by atoms with Crippen LogP contribution in [0.3, 0.4) is 0 Å². The van der Waals surface area contributed by atoms with Crippen molar-refractivity contribution >= 4 is 10.5 Å². The third kappa shape index (κ3) is 2.04. The molecule has 0 aliphatic rings. The summed E-state index contributed by atoms with van der Waals surface area (Å²) < 4.78 is 5.62. The zero-order chi connectivity index (χ0) is 9.07. The summed E-state index contributed by atoms with van der Waals surface area (Å²) in [5.41, 5.74) is 5.64. The second-order valence-electron chi connectivity index (χ2n) is 3.67. The highest BCUT2D eigenvalue weighted by atomic mass is 28.2. The maximum absolute atomic E-state index is 5.72. The first-order valence-corrected chi connectivity index (χ1v) is 5.08. The highest BCUT2D eigenvalue weighted by Gasteiger charge is 2.34. The average Bonchev–Trinajstić information content (AvgIpc) is 1.90. The monoisotopic (exact) mass is 175 g/mol. The largest absolute Gasteiger partial charge is 0.421 e. The molecule has 0 aromatic heterocycles. The first kappa shape index (κ1) is 11.1. The minimum absolute atomic E-state index is 0.0772. The van der Waals surface area contributed by atoms with E-state index in [9.17, 15) is 0 Å². The van der Waals surface area contributed by atoms with Crippen molar-refractivity contribution in [3.63, 3.8) is 0 Å². The van der Waals surface area contributed by atoms with Gasteiger partial charge in [0.2, 0.25) is 0 Å². The van der Waals surface area contributed by atoms with E-state index in [2.05, 4.69) is 27.7 Å². The molecule has 0 aromatic rings. The number of hydrogen-bond donors (Lipinski definition) is 1. The van der Waals surface area contributed by atoms with Crippen LogP contribution in [0, 0.1) is 11.8 Å². The van der Waals surface area contributed by atoms with Crippen LogP contribution in [0.25, 0.3) is 0 Å². The van der Waals surface area contributed by atoms with E-state index in [1.807, 2.05) is 0 Å². The van der Waals surface area contributed by atoms with Gasteiger partial charge in [0.1, 0.15) is 10.5 Å². The van der Waals surface area contributed by atoms with Crippen LogP contribution in [-0.2, 0) is 4.43 Å². The maximum Gasteiger partial charge on any atom is 0.146 e. The Kier molecular flexibility index (Phi) is 4.29. The SMILES string of the molecule is CC(C)C(CN)(O[SiH3])C(C)C. The average molecular weight is 175 g/mol. The Labute approximate surface area is 73.0 Å². The molecule has 0 aromatic carbocycles. The fraction of sp³-hybridized carbons (Fsp3) is 1.00.